The number of rotatable bonds is 2. The quantitative estimate of drug-likeness (QED) is 0.586. The van der Waals surface area contributed by atoms with Gasteiger partial charge in [-0.2, -0.15) is 0 Å². The summed E-state index contributed by atoms with van der Waals surface area (Å²) < 4.78 is 5.81. The minimum absolute atomic E-state index is 0.530. The molecule has 0 atom stereocenters. The largest absolute Gasteiger partial charge is 0.456 e. The summed E-state index contributed by atoms with van der Waals surface area (Å²) in [6.07, 6.45) is 0. The number of furan rings is 1. The standard InChI is InChI=1S/C15H11ClO/c16-10-11-6-7-14-13(8-11)9-15(17-14)12-4-2-1-3-5-12/h1-9H,10H2. The van der Waals surface area contributed by atoms with Crippen molar-refractivity contribution in [2.45, 2.75) is 5.88 Å². The van der Waals surface area contributed by atoms with Crippen molar-refractivity contribution in [2.75, 3.05) is 0 Å². The fourth-order valence-electron chi connectivity index (χ4n) is 1.92. The van der Waals surface area contributed by atoms with Crippen molar-refractivity contribution in [2.24, 2.45) is 0 Å². The number of alkyl halides is 1. The molecule has 0 saturated heterocycles. The Balaban J connectivity index is 2.14. The molecule has 17 heavy (non-hydrogen) atoms. The molecule has 0 aliphatic rings. The second-order valence-electron chi connectivity index (χ2n) is 3.98. The molecule has 0 unspecified atom stereocenters. The number of hydrogen-bond acceptors (Lipinski definition) is 1. The molecule has 0 bridgehead atoms. The molecular formula is C15H11ClO. The van der Waals surface area contributed by atoms with Crippen LogP contribution in [0.5, 0.6) is 0 Å². The Hall–Kier alpha value is -1.73. The van der Waals surface area contributed by atoms with E-state index in [1.54, 1.807) is 0 Å². The van der Waals surface area contributed by atoms with E-state index in [0.717, 1.165) is 27.9 Å². The highest BCUT2D eigenvalue weighted by Gasteiger charge is 2.05. The van der Waals surface area contributed by atoms with Gasteiger partial charge < -0.3 is 4.42 Å². The first-order valence-electron chi connectivity index (χ1n) is 5.51. The van der Waals surface area contributed by atoms with Gasteiger partial charge in [0.05, 0.1) is 0 Å². The first-order chi connectivity index (χ1) is 8.36. The summed E-state index contributed by atoms with van der Waals surface area (Å²) in [5.41, 5.74) is 3.11. The van der Waals surface area contributed by atoms with Crippen LogP contribution >= 0.6 is 11.6 Å². The van der Waals surface area contributed by atoms with Crippen LogP contribution in [0.2, 0.25) is 0 Å². The van der Waals surface area contributed by atoms with Crippen LogP contribution in [-0.2, 0) is 5.88 Å². The molecule has 0 radical (unpaired) electrons. The maximum atomic E-state index is 5.82. The van der Waals surface area contributed by atoms with Gasteiger partial charge in [-0.05, 0) is 23.8 Å². The molecule has 1 nitrogen and oxygen atoms in total. The maximum absolute atomic E-state index is 5.82. The zero-order valence-electron chi connectivity index (χ0n) is 9.19. The fourth-order valence-corrected chi connectivity index (χ4v) is 2.09. The van der Waals surface area contributed by atoms with E-state index in [4.69, 9.17) is 16.0 Å². The van der Waals surface area contributed by atoms with E-state index >= 15 is 0 Å². The first-order valence-corrected chi connectivity index (χ1v) is 6.04. The Morgan fingerprint density at radius 1 is 0.941 bits per heavy atom. The molecule has 0 amide bonds. The van der Waals surface area contributed by atoms with Crippen molar-refractivity contribution in [1.29, 1.82) is 0 Å². The predicted molar refractivity (Wildman–Crippen MR) is 71.2 cm³/mol. The molecule has 2 aromatic carbocycles. The minimum Gasteiger partial charge on any atom is -0.456 e. The van der Waals surface area contributed by atoms with Crippen molar-refractivity contribution in [1.82, 2.24) is 0 Å². The highest BCUT2D eigenvalue weighted by molar-refractivity contribution is 6.17. The van der Waals surface area contributed by atoms with Crippen LogP contribution in [0.3, 0.4) is 0 Å². The van der Waals surface area contributed by atoms with Gasteiger partial charge in [0.15, 0.2) is 0 Å². The Morgan fingerprint density at radius 3 is 2.53 bits per heavy atom. The average Bonchev–Trinajstić information content (AvgIpc) is 2.82. The molecular weight excluding hydrogens is 232 g/mol. The van der Waals surface area contributed by atoms with Gasteiger partial charge in [0.25, 0.3) is 0 Å². The Kier molecular flexibility index (Phi) is 2.62. The summed E-state index contributed by atoms with van der Waals surface area (Å²) in [6.45, 7) is 0. The first kappa shape index (κ1) is 10.4. The van der Waals surface area contributed by atoms with E-state index in [0.29, 0.717) is 5.88 Å². The lowest BCUT2D eigenvalue weighted by atomic mass is 10.1. The van der Waals surface area contributed by atoms with Crippen LogP contribution < -0.4 is 0 Å². The number of benzene rings is 2. The second kappa shape index (κ2) is 4.27. The van der Waals surface area contributed by atoms with E-state index in [2.05, 4.69) is 12.1 Å². The highest BCUT2D eigenvalue weighted by Crippen LogP contribution is 2.28. The SMILES string of the molecule is ClCc1ccc2oc(-c3ccccc3)cc2c1. The molecule has 0 aliphatic carbocycles. The van der Waals surface area contributed by atoms with Crippen molar-refractivity contribution in [3.8, 4) is 11.3 Å². The van der Waals surface area contributed by atoms with Gasteiger partial charge in [-0.1, -0.05) is 36.4 Å². The summed E-state index contributed by atoms with van der Waals surface area (Å²) in [7, 11) is 0. The molecule has 2 heteroatoms. The Morgan fingerprint density at radius 2 is 1.76 bits per heavy atom. The van der Waals surface area contributed by atoms with Crippen LogP contribution in [0, 0.1) is 0 Å². The van der Waals surface area contributed by atoms with Gasteiger partial charge in [-0.25, -0.2) is 0 Å². The van der Waals surface area contributed by atoms with Crippen LogP contribution in [0.4, 0.5) is 0 Å². The predicted octanol–water partition coefficient (Wildman–Crippen LogP) is 4.84. The lowest BCUT2D eigenvalue weighted by Gasteiger charge is -1.93. The summed E-state index contributed by atoms with van der Waals surface area (Å²) in [4.78, 5) is 0. The number of hydrogen-bond donors (Lipinski definition) is 0. The van der Waals surface area contributed by atoms with Gasteiger partial charge in [0.2, 0.25) is 0 Å². The smallest absolute Gasteiger partial charge is 0.135 e. The Labute approximate surface area is 105 Å². The summed E-state index contributed by atoms with van der Waals surface area (Å²) in [5.74, 6) is 1.43. The zero-order chi connectivity index (χ0) is 11.7. The van der Waals surface area contributed by atoms with Gasteiger partial charge >= 0.3 is 0 Å². The van der Waals surface area contributed by atoms with Gasteiger partial charge in [0, 0.05) is 16.8 Å². The summed E-state index contributed by atoms with van der Waals surface area (Å²) in [5, 5.41) is 1.10. The molecule has 84 valence electrons. The third-order valence-corrected chi connectivity index (χ3v) is 3.10. The topological polar surface area (TPSA) is 13.1 Å². The molecule has 3 aromatic rings. The van der Waals surface area contributed by atoms with Crippen LogP contribution in [0.25, 0.3) is 22.3 Å². The fraction of sp³-hybridized carbons (Fsp3) is 0.0667. The normalized spacial score (nSPS) is 10.9. The van der Waals surface area contributed by atoms with E-state index in [-0.39, 0.29) is 0 Å². The van der Waals surface area contributed by atoms with Crippen LogP contribution in [0.15, 0.2) is 59.0 Å². The van der Waals surface area contributed by atoms with Gasteiger partial charge in [0.1, 0.15) is 11.3 Å². The van der Waals surface area contributed by atoms with E-state index in [1.165, 1.54) is 0 Å². The monoisotopic (exact) mass is 242 g/mol. The third kappa shape index (κ3) is 1.94. The van der Waals surface area contributed by atoms with E-state index < -0.39 is 0 Å². The van der Waals surface area contributed by atoms with Crippen LogP contribution in [-0.4, -0.2) is 0 Å². The molecule has 1 aromatic heterocycles. The lowest BCUT2D eigenvalue weighted by Crippen LogP contribution is -1.74. The number of fused-ring (bicyclic) bond motifs is 1. The second-order valence-corrected chi connectivity index (χ2v) is 4.25. The van der Waals surface area contributed by atoms with E-state index in [9.17, 15) is 0 Å². The van der Waals surface area contributed by atoms with Crippen molar-refractivity contribution in [3.05, 3.63) is 60.2 Å². The summed E-state index contributed by atoms with van der Waals surface area (Å²) in [6, 6.07) is 18.2. The van der Waals surface area contributed by atoms with E-state index in [1.807, 2.05) is 42.5 Å². The molecule has 0 N–H and O–H groups in total. The van der Waals surface area contributed by atoms with Gasteiger partial charge in [-0.15, -0.1) is 11.6 Å². The molecule has 3 rings (SSSR count). The van der Waals surface area contributed by atoms with Crippen molar-refractivity contribution < 1.29 is 4.42 Å². The molecule has 0 aliphatic heterocycles. The van der Waals surface area contributed by atoms with Crippen molar-refractivity contribution in [3.63, 3.8) is 0 Å². The Bertz CT molecular complexity index is 640. The van der Waals surface area contributed by atoms with Crippen LogP contribution in [0.1, 0.15) is 5.56 Å². The molecule has 0 fully saturated rings. The van der Waals surface area contributed by atoms with Gasteiger partial charge in [-0.3, -0.25) is 0 Å². The maximum Gasteiger partial charge on any atom is 0.135 e. The average molecular weight is 243 g/mol. The highest BCUT2D eigenvalue weighted by atomic mass is 35.5. The lowest BCUT2D eigenvalue weighted by molar-refractivity contribution is 0.631. The summed E-state index contributed by atoms with van der Waals surface area (Å²) >= 11 is 5.82. The number of halogens is 1. The minimum atomic E-state index is 0.530. The van der Waals surface area contributed by atoms with Crippen molar-refractivity contribution >= 4 is 22.6 Å². The molecule has 0 spiro atoms. The third-order valence-electron chi connectivity index (χ3n) is 2.79. The molecule has 0 saturated carbocycles. The zero-order valence-corrected chi connectivity index (χ0v) is 9.95. The molecule has 1 heterocycles.